The normalized spacial score (nSPS) is 11.0. The Morgan fingerprint density at radius 2 is 2.05 bits per heavy atom. The molecule has 5 nitrogen and oxygen atoms in total. The van der Waals surface area contributed by atoms with Gasteiger partial charge in [-0.25, -0.2) is 13.4 Å². The second-order valence-corrected chi connectivity index (χ2v) is 6.42. The molecule has 6 heteroatoms. The highest BCUT2D eigenvalue weighted by Crippen LogP contribution is 2.23. The number of nitriles is 1. The second-order valence-electron chi connectivity index (χ2n) is 4.46. The van der Waals surface area contributed by atoms with Crippen molar-refractivity contribution in [1.29, 1.82) is 5.26 Å². The van der Waals surface area contributed by atoms with Crippen molar-refractivity contribution in [3.05, 3.63) is 53.3 Å². The van der Waals surface area contributed by atoms with Crippen molar-refractivity contribution in [1.82, 2.24) is 4.98 Å². The number of anilines is 1. The number of aromatic nitrogens is 1. The summed E-state index contributed by atoms with van der Waals surface area (Å²) >= 11 is 0. The number of rotatable bonds is 3. The topological polar surface area (TPSA) is 96.8 Å². The number of pyridine rings is 1. The first-order chi connectivity index (χ1) is 9.42. The van der Waals surface area contributed by atoms with Crippen LogP contribution in [0.2, 0.25) is 0 Å². The first kappa shape index (κ1) is 14.0. The zero-order valence-corrected chi connectivity index (χ0v) is 11.7. The van der Waals surface area contributed by atoms with Crippen LogP contribution in [0.5, 0.6) is 0 Å². The van der Waals surface area contributed by atoms with Crippen LogP contribution in [0, 0.1) is 18.3 Å². The Labute approximate surface area is 117 Å². The molecule has 2 N–H and O–H groups in total. The fourth-order valence-corrected chi connectivity index (χ4v) is 3.34. The minimum Gasteiger partial charge on any atom is -0.398 e. The van der Waals surface area contributed by atoms with Crippen LogP contribution in [0.15, 0.2) is 41.4 Å². The van der Waals surface area contributed by atoms with E-state index >= 15 is 0 Å². The van der Waals surface area contributed by atoms with E-state index in [1.165, 1.54) is 18.3 Å². The number of nitrogen functional groups attached to an aromatic ring is 1. The van der Waals surface area contributed by atoms with Gasteiger partial charge < -0.3 is 5.73 Å². The Kier molecular flexibility index (Phi) is 3.72. The van der Waals surface area contributed by atoms with Gasteiger partial charge in [-0.15, -0.1) is 0 Å². The van der Waals surface area contributed by atoms with Crippen molar-refractivity contribution in [3.8, 4) is 6.07 Å². The van der Waals surface area contributed by atoms with Gasteiger partial charge in [-0.1, -0.05) is 6.07 Å². The molecule has 0 aliphatic carbocycles. The molecule has 0 aliphatic rings. The molecule has 1 heterocycles. The molecule has 0 aliphatic heterocycles. The summed E-state index contributed by atoms with van der Waals surface area (Å²) in [7, 11) is -3.55. The van der Waals surface area contributed by atoms with Crippen molar-refractivity contribution in [2.75, 3.05) is 5.73 Å². The summed E-state index contributed by atoms with van der Waals surface area (Å²) in [6, 6.07) is 9.75. The molecule has 1 aromatic carbocycles. The Balaban J connectivity index is 2.38. The predicted molar refractivity (Wildman–Crippen MR) is 75.4 cm³/mol. The molecule has 20 heavy (non-hydrogen) atoms. The van der Waals surface area contributed by atoms with Crippen molar-refractivity contribution in [2.45, 2.75) is 17.6 Å². The van der Waals surface area contributed by atoms with Crippen LogP contribution in [0.1, 0.15) is 16.8 Å². The summed E-state index contributed by atoms with van der Waals surface area (Å²) in [5, 5.41) is 8.77. The smallest absolute Gasteiger partial charge is 0.184 e. The number of sulfone groups is 1. The molecule has 0 fully saturated rings. The summed E-state index contributed by atoms with van der Waals surface area (Å²) in [5.41, 5.74) is 7.61. The summed E-state index contributed by atoms with van der Waals surface area (Å²) in [6.07, 6.45) is 1.42. The molecule has 0 amide bonds. The monoisotopic (exact) mass is 287 g/mol. The summed E-state index contributed by atoms with van der Waals surface area (Å²) in [6.45, 7) is 1.84. The molecule has 102 valence electrons. The lowest BCUT2D eigenvalue weighted by atomic mass is 10.2. The van der Waals surface area contributed by atoms with E-state index in [0.717, 1.165) is 5.56 Å². The highest BCUT2D eigenvalue weighted by molar-refractivity contribution is 7.90. The summed E-state index contributed by atoms with van der Waals surface area (Å²) in [5.74, 6) is -0.211. The lowest BCUT2D eigenvalue weighted by Gasteiger charge is -2.08. The highest BCUT2D eigenvalue weighted by atomic mass is 32.2. The lowest BCUT2D eigenvalue weighted by molar-refractivity contribution is 0.595. The number of hydrogen-bond donors (Lipinski definition) is 1. The van der Waals surface area contributed by atoms with E-state index in [-0.39, 0.29) is 22.0 Å². The molecule has 2 rings (SSSR count). The zero-order chi connectivity index (χ0) is 14.8. The maximum Gasteiger partial charge on any atom is 0.184 e. The average Bonchev–Trinajstić information content (AvgIpc) is 2.37. The van der Waals surface area contributed by atoms with E-state index in [1.807, 2.05) is 13.0 Å². The van der Waals surface area contributed by atoms with Gasteiger partial charge in [0.15, 0.2) is 9.84 Å². The number of nitrogens with zero attached hydrogens (tertiary/aromatic N) is 2. The SMILES string of the molecule is Cc1ccc(S(=O)(=O)Cc2ccnc(C#N)c2)c(N)c1. The Morgan fingerprint density at radius 3 is 2.70 bits per heavy atom. The van der Waals surface area contributed by atoms with Crippen LogP contribution in [-0.2, 0) is 15.6 Å². The summed E-state index contributed by atoms with van der Waals surface area (Å²) < 4.78 is 24.7. The first-order valence-electron chi connectivity index (χ1n) is 5.86. The van der Waals surface area contributed by atoms with E-state index in [4.69, 9.17) is 11.0 Å². The quantitative estimate of drug-likeness (QED) is 0.868. The van der Waals surface area contributed by atoms with E-state index in [0.29, 0.717) is 5.56 Å². The Bertz CT molecular complexity index is 792. The van der Waals surface area contributed by atoms with Crippen molar-refractivity contribution in [2.24, 2.45) is 0 Å². The van der Waals surface area contributed by atoms with E-state index in [2.05, 4.69) is 4.98 Å². The lowest BCUT2D eigenvalue weighted by Crippen LogP contribution is -2.08. The highest BCUT2D eigenvalue weighted by Gasteiger charge is 2.18. The van der Waals surface area contributed by atoms with E-state index in [1.54, 1.807) is 18.2 Å². The molecular formula is C14H13N3O2S. The Hall–Kier alpha value is -2.39. The van der Waals surface area contributed by atoms with Crippen molar-refractivity contribution < 1.29 is 8.42 Å². The summed E-state index contributed by atoms with van der Waals surface area (Å²) in [4.78, 5) is 3.92. The maximum atomic E-state index is 12.4. The second kappa shape index (κ2) is 5.31. The van der Waals surface area contributed by atoms with E-state index < -0.39 is 9.84 Å². The number of aryl methyl sites for hydroxylation is 1. The van der Waals surface area contributed by atoms with Gasteiger partial charge in [-0.3, -0.25) is 0 Å². The van der Waals surface area contributed by atoms with Crippen molar-refractivity contribution >= 4 is 15.5 Å². The van der Waals surface area contributed by atoms with Crippen LogP contribution >= 0.6 is 0 Å². The minimum atomic E-state index is -3.55. The maximum absolute atomic E-state index is 12.4. The van der Waals surface area contributed by atoms with Gasteiger partial charge in [0.2, 0.25) is 0 Å². The number of nitrogens with two attached hydrogens (primary N) is 1. The average molecular weight is 287 g/mol. The van der Waals surface area contributed by atoms with Gasteiger partial charge in [-0.05, 0) is 42.3 Å². The van der Waals surface area contributed by atoms with Gasteiger partial charge in [0.1, 0.15) is 11.8 Å². The molecule has 0 bridgehead atoms. The largest absolute Gasteiger partial charge is 0.398 e. The molecule has 2 aromatic rings. The zero-order valence-electron chi connectivity index (χ0n) is 10.9. The minimum absolute atomic E-state index is 0.110. The van der Waals surface area contributed by atoms with Gasteiger partial charge in [-0.2, -0.15) is 5.26 Å². The third-order valence-electron chi connectivity index (χ3n) is 2.80. The van der Waals surface area contributed by atoms with Crippen LogP contribution < -0.4 is 5.73 Å². The van der Waals surface area contributed by atoms with Gasteiger partial charge in [0.05, 0.1) is 16.3 Å². The van der Waals surface area contributed by atoms with Crippen LogP contribution in [0.25, 0.3) is 0 Å². The van der Waals surface area contributed by atoms with Crippen molar-refractivity contribution in [3.63, 3.8) is 0 Å². The molecule has 1 aromatic heterocycles. The predicted octanol–water partition coefficient (Wildman–Crippen LogP) is 1.82. The standard InChI is InChI=1S/C14H13N3O2S/c1-10-2-3-14(13(16)6-10)20(18,19)9-11-4-5-17-12(7-11)8-15/h2-7H,9,16H2,1H3. The Morgan fingerprint density at radius 1 is 1.30 bits per heavy atom. The fraction of sp³-hybridized carbons (Fsp3) is 0.143. The molecule has 0 unspecified atom stereocenters. The number of benzene rings is 1. The molecule has 0 spiro atoms. The molecule has 0 saturated heterocycles. The molecule has 0 radical (unpaired) electrons. The van der Waals surface area contributed by atoms with Gasteiger partial charge in [0.25, 0.3) is 0 Å². The van der Waals surface area contributed by atoms with Gasteiger partial charge >= 0.3 is 0 Å². The van der Waals surface area contributed by atoms with Crippen LogP contribution in [0.3, 0.4) is 0 Å². The third kappa shape index (κ3) is 2.95. The van der Waals surface area contributed by atoms with Crippen LogP contribution in [0.4, 0.5) is 5.69 Å². The third-order valence-corrected chi connectivity index (χ3v) is 4.55. The first-order valence-corrected chi connectivity index (χ1v) is 7.51. The molecule has 0 atom stereocenters. The molecule has 0 saturated carbocycles. The van der Waals surface area contributed by atoms with Crippen LogP contribution in [-0.4, -0.2) is 13.4 Å². The van der Waals surface area contributed by atoms with Gasteiger partial charge in [0, 0.05) is 6.20 Å². The number of hydrogen-bond acceptors (Lipinski definition) is 5. The fourth-order valence-electron chi connectivity index (χ4n) is 1.87. The van der Waals surface area contributed by atoms with E-state index in [9.17, 15) is 8.42 Å². The molecular weight excluding hydrogens is 274 g/mol.